The molecule has 2 unspecified atom stereocenters. The van der Waals surface area contributed by atoms with Gasteiger partial charge in [-0.1, -0.05) is 0 Å². The van der Waals surface area contributed by atoms with Crippen molar-refractivity contribution < 1.29 is 14.3 Å². The molecule has 6 heteroatoms. The van der Waals surface area contributed by atoms with Crippen LogP contribution in [0.3, 0.4) is 0 Å². The van der Waals surface area contributed by atoms with Crippen LogP contribution in [-0.2, 0) is 9.53 Å². The van der Waals surface area contributed by atoms with Gasteiger partial charge in [-0.2, -0.15) is 0 Å². The van der Waals surface area contributed by atoms with Gasteiger partial charge in [-0.05, 0) is 38.1 Å². The van der Waals surface area contributed by atoms with Gasteiger partial charge >= 0.3 is 5.97 Å². The molecule has 0 bridgehead atoms. The maximum absolute atomic E-state index is 12.2. The number of piperazine rings is 1. The Morgan fingerprint density at radius 1 is 1.30 bits per heavy atom. The Balaban J connectivity index is 1.99. The number of nitrogens with two attached hydrogens (primary N) is 1. The van der Waals surface area contributed by atoms with Crippen LogP contribution in [0.5, 0.6) is 0 Å². The van der Waals surface area contributed by atoms with E-state index < -0.39 is 0 Å². The number of rotatable bonds is 4. The number of hydrogen-bond donors (Lipinski definition) is 1. The Morgan fingerprint density at radius 2 is 1.96 bits per heavy atom. The molecule has 1 aliphatic heterocycles. The minimum absolute atomic E-state index is 0.112. The van der Waals surface area contributed by atoms with Crippen LogP contribution in [0.1, 0.15) is 30.6 Å². The van der Waals surface area contributed by atoms with E-state index in [-0.39, 0.29) is 24.0 Å². The van der Waals surface area contributed by atoms with E-state index in [0.717, 1.165) is 18.8 Å². The van der Waals surface area contributed by atoms with Crippen LogP contribution in [-0.4, -0.2) is 55.6 Å². The standard InChI is InChI=1S/C17H25N3O3/c1-12(18)10-16(21)20-9-8-19(11-13(20)2)15-6-4-14(5-7-15)17(22)23-3/h4-7,12-13H,8-11,18H2,1-3H3. The second kappa shape index (κ2) is 7.46. The molecule has 1 aliphatic rings. The van der Waals surface area contributed by atoms with Crippen LogP contribution >= 0.6 is 0 Å². The third-order valence-electron chi connectivity index (χ3n) is 4.10. The van der Waals surface area contributed by atoms with Gasteiger partial charge < -0.3 is 20.3 Å². The average Bonchev–Trinajstić information content (AvgIpc) is 2.53. The molecule has 2 atom stereocenters. The highest BCUT2D eigenvalue weighted by Crippen LogP contribution is 2.20. The number of carbonyl (C=O) groups is 2. The highest BCUT2D eigenvalue weighted by molar-refractivity contribution is 5.89. The first kappa shape index (κ1) is 17.3. The molecule has 1 aromatic carbocycles. The predicted octanol–water partition coefficient (Wildman–Crippen LogP) is 1.25. The molecule has 0 aliphatic carbocycles. The molecule has 2 rings (SSSR count). The number of amides is 1. The number of ether oxygens (including phenoxy) is 1. The fraction of sp³-hybridized carbons (Fsp3) is 0.529. The molecule has 0 aromatic heterocycles. The first-order chi connectivity index (χ1) is 10.9. The van der Waals surface area contributed by atoms with E-state index in [2.05, 4.69) is 4.90 Å². The lowest BCUT2D eigenvalue weighted by Crippen LogP contribution is -2.54. The van der Waals surface area contributed by atoms with E-state index in [9.17, 15) is 9.59 Å². The summed E-state index contributed by atoms with van der Waals surface area (Å²) in [6.45, 7) is 6.12. The van der Waals surface area contributed by atoms with Crippen molar-refractivity contribution in [2.45, 2.75) is 32.4 Å². The summed E-state index contributed by atoms with van der Waals surface area (Å²) in [6, 6.07) is 7.38. The summed E-state index contributed by atoms with van der Waals surface area (Å²) >= 11 is 0. The fourth-order valence-electron chi connectivity index (χ4n) is 2.88. The minimum atomic E-state index is -0.337. The summed E-state index contributed by atoms with van der Waals surface area (Å²) in [5.74, 6) is -0.218. The zero-order chi connectivity index (χ0) is 17.0. The number of nitrogens with zero attached hydrogens (tertiary/aromatic N) is 2. The molecule has 1 saturated heterocycles. The summed E-state index contributed by atoms with van der Waals surface area (Å²) < 4.78 is 4.70. The van der Waals surface area contributed by atoms with Gasteiger partial charge in [-0.3, -0.25) is 4.79 Å². The van der Waals surface area contributed by atoms with Crippen molar-refractivity contribution >= 4 is 17.6 Å². The Kier molecular flexibility index (Phi) is 5.60. The Morgan fingerprint density at radius 3 is 2.48 bits per heavy atom. The van der Waals surface area contributed by atoms with E-state index in [4.69, 9.17) is 10.5 Å². The quantitative estimate of drug-likeness (QED) is 0.845. The van der Waals surface area contributed by atoms with Gasteiger partial charge in [0.2, 0.25) is 5.91 Å². The van der Waals surface area contributed by atoms with Crippen molar-refractivity contribution in [3.63, 3.8) is 0 Å². The largest absolute Gasteiger partial charge is 0.465 e. The van der Waals surface area contributed by atoms with Gasteiger partial charge in [-0.25, -0.2) is 4.79 Å². The van der Waals surface area contributed by atoms with E-state index in [1.807, 2.05) is 30.9 Å². The molecule has 1 amide bonds. The van der Waals surface area contributed by atoms with Crippen molar-refractivity contribution in [2.75, 3.05) is 31.6 Å². The Hall–Kier alpha value is -2.08. The highest BCUT2D eigenvalue weighted by atomic mass is 16.5. The van der Waals surface area contributed by atoms with Crippen LogP contribution in [0.15, 0.2) is 24.3 Å². The number of carbonyl (C=O) groups excluding carboxylic acids is 2. The number of methoxy groups -OCH3 is 1. The molecule has 0 spiro atoms. The summed E-state index contributed by atoms with van der Waals surface area (Å²) in [7, 11) is 1.37. The van der Waals surface area contributed by atoms with Gasteiger partial charge in [0, 0.05) is 43.8 Å². The van der Waals surface area contributed by atoms with Crippen LogP contribution in [0.4, 0.5) is 5.69 Å². The lowest BCUT2D eigenvalue weighted by molar-refractivity contribution is -0.133. The van der Waals surface area contributed by atoms with Crippen LogP contribution in [0.2, 0.25) is 0 Å². The summed E-state index contributed by atoms with van der Waals surface area (Å²) in [5.41, 5.74) is 7.30. The monoisotopic (exact) mass is 319 g/mol. The maximum Gasteiger partial charge on any atom is 0.337 e. The third kappa shape index (κ3) is 4.22. The van der Waals surface area contributed by atoms with Gasteiger partial charge in [0.25, 0.3) is 0 Å². The minimum Gasteiger partial charge on any atom is -0.465 e. The smallest absolute Gasteiger partial charge is 0.337 e. The van der Waals surface area contributed by atoms with E-state index in [1.54, 1.807) is 12.1 Å². The topological polar surface area (TPSA) is 75.9 Å². The van der Waals surface area contributed by atoms with E-state index in [1.165, 1.54) is 7.11 Å². The Labute approximate surface area is 137 Å². The molecule has 1 heterocycles. The second-order valence-electron chi connectivity index (χ2n) is 6.10. The molecule has 0 radical (unpaired) electrons. The molecule has 0 saturated carbocycles. The Bertz CT molecular complexity index is 557. The average molecular weight is 319 g/mol. The highest BCUT2D eigenvalue weighted by Gasteiger charge is 2.27. The summed E-state index contributed by atoms with van der Waals surface area (Å²) in [6.07, 6.45) is 0.387. The second-order valence-corrected chi connectivity index (χ2v) is 6.10. The predicted molar refractivity (Wildman–Crippen MR) is 89.4 cm³/mol. The van der Waals surface area contributed by atoms with Gasteiger partial charge in [0.1, 0.15) is 0 Å². The van der Waals surface area contributed by atoms with Crippen molar-refractivity contribution in [3.8, 4) is 0 Å². The van der Waals surface area contributed by atoms with E-state index >= 15 is 0 Å². The first-order valence-corrected chi connectivity index (χ1v) is 7.90. The molecule has 1 aromatic rings. The fourth-order valence-corrected chi connectivity index (χ4v) is 2.88. The molecular weight excluding hydrogens is 294 g/mol. The van der Waals surface area contributed by atoms with Gasteiger partial charge in [0.15, 0.2) is 0 Å². The molecule has 1 fully saturated rings. The third-order valence-corrected chi connectivity index (χ3v) is 4.10. The van der Waals surface area contributed by atoms with Crippen LogP contribution < -0.4 is 10.6 Å². The van der Waals surface area contributed by atoms with Crippen LogP contribution in [0, 0.1) is 0 Å². The number of anilines is 1. The lowest BCUT2D eigenvalue weighted by Gasteiger charge is -2.41. The van der Waals surface area contributed by atoms with Crippen molar-refractivity contribution in [3.05, 3.63) is 29.8 Å². The molecule has 126 valence electrons. The number of benzene rings is 1. The summed E-state index contributed by atoms with van der Waals surface area (Å²) in [4.78, 5) is 27.8. The van der Waals surface area contributed by atoms with Crippen molar-refractivity contribution in [1.82, 2.24) is 4.90 Å². The molecule has 23 heavy (non-hydrogen) atoms. The lowest BCUT2D eigenvalue weighted by atomic mass is 10.1. The van der Waals surface area contributed by atoms with Crippen LogP contribution in [0.25, 0.3) is 0 Å². The first-order valence-electron chi connectivity index (χ1n) is 7.90. The number of hydrogen-bond acceptors (Lipinski definition) is 5. The SMILES string of the molecule is COC(=O)c1ccc(N2CCN(C(=O)CC(C)N)C(C)C2)cc1. The maximum atomic E-state index is 12.2. The van der Waals surface area contributed by atoms with Gasteiger partial charge in [0.05, 0.1) is 12.7 Å². The number of esters is 1. The summed E-state index contributed by atoms with van der Waals surface area (Å²) in [5, 5.41) is 0. The molecular formula is C17H25N3O3. The van der Waals surface area contributed by atoms with Crippen molar-refractivity contribution in [2.24, 2.45) is 5.73 Å². The molecule has 6 nitrogen and oxygen atoms in total. The zero-order valence-electron chi connectivity index (χ0n) is 14.0. The van der Waals surface area contributed by atoms with E-state index in [0.29, 0.717) is 18.5 Å². The zero-order valence-corrected chi connectivity index (χ0v) is 14.0. The molecule has 2 N–H and O–H groups in total. The normalized spacial score (nSPS) is 19.4. The van der Waals surface area contributed by atoms with Crippen molar-refractivity contribution in [1.29, 1.82) is 0 Å². The van der Waals surface area contributed by atoms with Gasteiger partial charge in [-0.15, -0.1) is 0 Å².